The minimum Gasteiger partial charge on any atom is -0.397 e. The van der Waals surface area contributed by atoms with Crippen LogP contribution < -0.4 is 5.73 Å². The van der Waals surface area contributed by atoms with Gasteiger partial charge in [0.2, 0.25) is 0 Å². The zero-order valence-corrected chi connectivity index (χ0v) is 12.5. The van der Waals surface area contributed by atoms with Crippen molar-refractivity contribution in [1.82, 2.24) is 9.88 Å². The van der Waals surface area contributed by atoms with E-state index in [9.17, 15) is 9.90 Å². The Hall–Kier alpha value is -1.62. The van der Waals surface area contributed by atoms with Gasteiger partial charge in [-0.15, -0.1) is 0 Å². The summed E-state index contributed by atoms with van der Waals surface area (Å²) in [5.41, 5.74) is 6.99. The molecule has 1 aromatic rings. The molecule has 1 aromatic heterocycles. The highest BCUT2D eigenvalue weighted by Gasteiger charge is 2.43. The van der Waals surface area contributed by atoms with E-state index >= 15 is 0 Å². The average Bonchev–Trinajstić information content (AvgIpc) is 2.48. The molecule has 114 valence electrons. The first-order valence-electron chi connectivity index (χ1n) is 7.73. The first-order valence-corrected chi connectivity index (χ1v) is 7.73. The van der Waals surface area contributed by atoms with Crippen LogP contribution in [0, 0.1) is 12.8 Å². The molecule has 21 heavy (non-hydrogen) atoms. The van der Waals surface area contributed by atoms with Crippen molar-refractivity contribution in [3.63, 3.8) is 0 Å². The quantitative estimate of drug-likeness (QED) is 0.825. The number of aromatic nitrogens is 1. The lowest BCUT2D eigenvalue weighted by atomic mass is 9.71. The van der Waals surface area contributed by atoms with E-state index in [0.717, 1.165) is 25.7 Å². The van der Waals surface area contributed by atoms with Crippen LogP contribution in [-0.4, -0.2) is 39.6 Å². The molecule has 2 atom stereocenters. The summed E-state index contributed by atoms with van der Waals surface area (Å²) in [4.78, 5) is 18.7. The van der Waals surface area contributed by atoms with Gasteiger partial charge < -0.3 is 15.7 Å². The van der Waals surface area contributed by atoms with Gasteiger partial charge in [0.1, 0.15) is 0 Å². The van der Waals surface area contributed by atoms with Crippen LogP contribution in [0.4, 0.5) is 5.69 Å². The van der Waals surface area contributed by atoms with E-state index in [-0.39, 0.29) is 11.8 Å². The number of aliphatic hydroxyl groups is 1. The highest BCUT2D eigenvalue weighted by Crippen LogP contribution is 2.40. The number of nitrogen functional groups attached to an aromatic ring is 1. The molecule has 3 rings (SSSR count). The van der Waals surface area contributed by atoms with E-state index in [4.69, 9.17) is 5.73 Å². The Balaban J connectivity index is 1.79. The van der Waals surface area contributed by atoms with Crippen LogP contribution in [0.2, 0.25) is 0 Å². The average molecular weight is 289 g/mol. The zero-order valence-electron chi connectivity index (χ0n) is 12.5. The molecule has 2 fully saturated rings. The van der Waals surface area contributed by atoms with E-state index in [2.05, 4.69) is 4.98 Å². The molecule has 0 bridgehead atoms. The lowest BCUT2D eigenvalue weighted by Gasteiger charge is -2.47. The standard InChI is InChI=1S/C16H23N3O2/c1-11-14(8-13(17)9-18-11)15(20)19-7-6-16(21)5-3-2-4-12(16)10-19/h8-9,12,21H,2-7,10,17H2,1H3. The second kappa shape index (κ2) is 5.30. The minimum atomic E-state index is -0.557. The van der Waals surface area contributed by atoms with Gasteiger partial charge in [0, 0.05) is 19.0 Å². The maximum Gasteiger partial charge on any atom is 0.255 e. The molecular formula is C16H23N3O2. The molecule has 1 saturated carbocycles. The molecule has 3 N–H and O–H groups in total. The van der Waals surface area contributed by atoms with Gasteiger partial charge in [-0.05, 0) is 32.3 Å². The number of carbonyl (C=O) groups excluding carboxylic acids is 1. The predicted molar refractivity (Wildman–Crippen MR) is 80.8 cm³/mol. The summed E-state index contributed by atoms with van der Waals surface area (Å²) in [6.45, 7) is 3.08. The minimum absolute atomic E-state index is 0.0140. The Morgan fingerprint density at radius 3 is 3.10 bits per heavy atom. The van der Waals surface area contributed by atoms with Crippen molar-refractivity contribution in [3.05, 3.63) is 23.5 Å². The maximum absolute atomic E-state index is 12.7. The Labute approximate surface area is 125 Å². The summed E-state index contributed by atoms with van der Waals surface area (Å²) in [6.07, 6.45) is 6.38. The van der Waals surface area contributed by atoms with Crippen LogP contribution in [0.5, 0.6) is 0 Å². The fourth-order valence-corrected chi connectivity index (χ4v) is 3.69. The SMILES string of the molecule is Cc1ncc(N)cc1C(=O)N1CCC2(O)CCCCC2C1. The molecule has 2 heterocycles. The Morgan fingerprint density at radius 1 is 1.48 bits per heavy atom. The molecular weight excluding hydrogens is 266 g/mol. The molecule has 2 aliphatic rings. The summed E-state index contributed by atoms with van der Waals surface area (Å²) < 4.78 is 0. The van der Waals surface area contributed by atoms with E-state index in [1.54, 1.807) is 12.3 Å². The third kappa shape index (κ3) is 2.62. The first-order chi connectivity index (χ1) is 9.99. The van der Waals surface area contributed by atoms with E-state index in [1.807, 2.05) is 11.8 Å². The number of nitrogens with two attached hydrogens (primary N) is 1. The number of pyridine rings is 1. The number of likely N-dealkylation sites (tertiary alicyclic amines) is 1. The maximum atomic E-state index is 12.7. The first kappa shape index (κ1) is 14.3. The van der Waals surface area contributed by atoms with Gasteiger partial charge in [0.25, 0.3) is 5.91 Å². The van der Waals surface area contributed by atoms with Crippen molar-refractivity contribution >= 4 is 11.6 Å². The Bertz CT molecular complexity index is 560. The highest BCUT2D eigenvalue weighted by molar-refractivity contribution is 5.96. The number of piperidine rings is 1. The second-order valence-electron chi connectivity index (χ2n) is 6.45. The number of hydrogen-bond acceptors (Lipinski definition) is 4. The molecule has 1 amide bonds. The van der Waals surface area contributed by atoms with Crippen LogP contribution in [-0.2, 0) is 0 Å². The molecule has 0 radical (unpaired) electrons. The third-order valence-corrected chi connectivity index (χ3v) is 5.05. The number of nitrogens with zero attached hydrogens (tertiary/aromatic N) is 2. The van der Waals surface area contributed by atoms with E-state index < -0.39 is 5.60 Å². The van der Waals surface area contributed by atoms with Crippen molar-refractivity contribution < 1.29 is 9.90 Å². The van der Waals surface area contributed by atoms with Crippen molar-refractivity contribution in [1.29, 1.82) is 0 Å². The normalized spacial score (nSPS) is 29.0. The fourth-order valence-electron chi connectivity index (χ4n) is 3.69. The second-order valence-corrected chi connectivity index (χ2v) is 6.45. The summed E-state index contributed by atoms with van der Waals surface area (Å²) in [5.74, 6) is 0.193. The number of fused-ring (bicyclic) bond motifs is 1. The van der Waals surface area contributed by atoms with Crippen LogP contribution in [0.3, 0.4) is 0 Å². The molecule has 1 saturated heterocycles. The molecule has 5 nitrogen and oxygen atoms in total. The molecule has 1 aliphatic heterocycles. The summed E-state index contributed by atoms with van der Waals surface area (Å²) in [6, 6.07) is 1.70. The van der Waals surface area contributed by atoms with Crippen LogP contribution in [0.15, 0.2) is 12.3 Å². The number of hydrogen-bond donors (Lipinski definition) is 2. The number of anilines is 1. The predicted octanol–water partition coefficient (Wildman–Crippen LogP) is 1.74. The number of rotatable bonds is 1. The van der Waals surface area contributed by atoms with Gasteiger partial charge >= 0.3 is 0 Å². The Morgan fingerprint density at radius 2 is 2.29 bits per heavy atom. The van der Waals surface area contributed by atoms with Crippen molar-refractivity contribution in [2.24, 2.45) is 5.92 Å². The zero-order chi connectivity index (χ0) is 15.0. The van der Waals surface area contributed by atoms with Gasteiger partial charge in [-0.3, -0.25) is 9.78 Å². The lowest BCUT2D eigenvalue weighted by molar-refractivity contribution is -0.0886. The molecule has 5 heteroatoms. The number of amides is 1. The van der Waals surface area contributed by atoms with Crippen molar-refractivity contribution in [2.75, 3.05) is 18.8 Å². The highest BCUT2D eigenvalue weighted by atomic mass is 16.3. The van der Waals surface area contributed by atoms with Gasteiger partial charge in [-0.1, -0.05) is 12.8 Å². The topological polar surface area (TPSA) is 79.5 Å². The van der Waals surface area contributed by atoms with Gasteiger partial charge in [0.05, 0.1) is 28.7 Å². The molecule has 0 spiro atoms. The van der Waals surface area contributed by atoms with E-state index in [0.29, 0.717) is 36.5 Å². The molecule has 1 aliphatic carbocycles. The number of aryl methyl sites for hydroxylation is 1. The van der Waals surface area contributed by atoms with Crippen molar-refractivity contribution in [2.45, 2.75) is 44.6 Å². The fraction of sp³-hybridized carbons (Fsp3) is 0.625. The smallest absolute Gasteiger partial charge is 0.255 e. The molecule has 0 aromatic carbocycles. The van der Waals surface area contributed by atoms with Gasteiger partial charge in [-0.25, -0.2) is 0 Å². The van der Waals surface area contributed by atoms with Crippen LogP contribution in [0.25, 0.3) is 0 Å². The summed E-state index contributed by atoms with van der Waals surface area (Å²) in [5, 5.41) is 10.7. The van der Waals surface area contributed by atoms with Crippen LogP contribution in [0.1, 0.15) is 48.2 Å². The van der Waals surface area contributed by atoms with Gasteiger partial charge in [0.15, 0.2) is 0 Å². The van der Waals surface area contributed by atoms with Crippen molar-refractivity contribution in [3.8, 4) is 0 Å². The number of carbonyl (C=O) groups is 1. The van der Waals surface area contributed by atoms with Crippen LogP contribution >= 0.6 is 0 Å². The summed E-state index contributed by atoms with van der Waals surface area (Å²) in [7, 11) is 0. The Kier molecular flexibility index (Phi) is 3.61. The third-order valence-electron chi connectivity index (χ3n) is 5.05. The van der Waals surface area contributed by atoms with E-state index in [1.165, 1.54) is 0 Å². The van der Waals surface area contributed by atoms with Gasteiger partial charge in [-0.2, -0.15) is 0 Å². The molecule has 2 unspecified atom stereocenters. The lowest BCUT2D eigenvalue weighted by Crippen LogP contribution is -2.54. The summed E-state index contributed by atoms with van der Waals surface area (Å²) >= 11 is 0. The monoisotopic (exact) mass is 289 g/mol. The largest absolute Gasteiger partial charge is 0.397 e.